The maximum absolute atomic E-state index is 8.79. The highest BCUT2D eigenvalue weighted by molar-refractivity contribution is 6.03. The third kappa shape index (κ3) is 2.79. The molecule has 0 unspecified atom stereocenters. The van der Waals surface area contributed by atoms with Crippen LogP contribution >= 0.6 is 0 Å². The van der Waals surface area contributed by atoms with E-state index in [0.717, 1.165) is 31.4 Å². The van der Waals surface area contributed by atoms with Crippen LogP contribution < -0.4 is 0 Å². The number of nitrogens with zero attached hydrogens (tertiary/aromatic N) is 1. The summed E-state index contributed by atoms with van der Waals surface area (Å²) in [4.78, 5) is 4.95. The monoisotopic (exact) mass is 245 g/mol. The smallest absolute Gasteiger partial charge is 0.106 e. The quantitative estimate of drug-likeness (QED) is 0.654. The standard InChI is InChI=1S/C15H19NO2/c1-18-16-14-10-5-9-13-8-4-7-12(15(13)14)6-2-3-11-17/h2-4,7-8,17H,5-6,9-11H2,1H3/b3-2+,16-14-. The van der Waals surface area contributed by atoms with E-state index < -0.39 is 0 Å². The van der Waals surface area contributed by atoms with Crippen molar-refractivity contribution in [2.45, 2.75) is 25.7 Å². The first kappa shape index (κ1) is 12.8. The van der Waals surface area contributed by atoms with Crippen LogP contribution in [0.1, 0.15) is 29.5 Å². The zero-order valence-electron chi connectivity index (χ0n) is 10.7. The van der Waals surface area contributed by atoms with Gasteiger partial charge >= 0.3 is 0 Å². The number of aryl methyl sites for hydroxylation is 1. The Balaban J connectivity index is 2.36. The number of fused-ring (bicyclic) bond motifs is 1. The molecule has 0 atom stereocenters. The summed E-state index contributed by atoms with van der Waals surface area (Å²) in [7, 11) is 1.59. The molecule has 1 aromatic carbocycles. The van der Waals surface area contributed by atoms with Gasteiger partial charge in [0.15, 0.2) is 0 Å². The van der Waals surface area contributed by atoms with Gasteiger partial charge in [-0.3, -0.25) is 0 Å². The Morgan fingerprint density at radius 3 is 3.00 bits per heavy atom. The number of aliphatic hydroxyl groups is 1. The van der Waals surface area contributed by atoms with Gasteiger partial charge in [-0.1, -0.05) is 35.5 Å². The molecule has 0 aromatic heterocycles. The van der Waals surface area contributed by atoms with Gasteiger partial charge in [0.1, 0.15) is 7.11 Å². The van der Waals surface area contributed by atoms with Crippen LogP contribution in [-0.4, -0.2) is 24.5 Å². The van der Waals surface area contributed by atoms with E-state index in [1.54, 1.807) is 13.2 Å². The Kier molecular flexibility index (Phi) is 4.53. The van der Waals surface area contributed by atoms with Crippen LogP contribution in [0.25, 0.3) is 0 Å². The van der Waals surface area contributed by atoms with Crippen molar-refractivity contribution in [1.82, 2.24) is 0 Å². The summed E-state index contributed by atoms with van der Waals surface area (Å²) >= 11 is 0. The van der Waals surface area contributed by atoms with Crippen LogP contribution in [0.5, 0.6) is 0 Å². The Hall–Kier alpha value is -1.61. The van der Waals surface area contributed by atoms with E-state index in [9.17, 15) is 0 Å². The number of allylic oxidation sites excluding steroid dienone is 1. The van der Waals surface area contributed by atoms with Crippen LogP contribution in [0, 0.1) is 0 Å². The van der Waals surface area contributed by atoms with Crippen molar-refractivity contribution in [3.8, 4) is 0 Å². The third-order valence-electron chi connectivity index (χ3n) is 3.20. The molecule has 0 fully saturated rings. The lowest BCUT2D eigenvalue weighted by Gasteiger charge is -2.20. The van der Waals surface area contributed by atoms with Gasteiger partial charge in [-0.25, -0.2) is 0 Å². The molecule has 1 aliphatic carbocycles. The number of rotatable bonds is 4. The molecule has 1 aromatic rings. The molecule has 1 N–H and O–H groups in total. The first-order valence-corrected chi connectivity index (χ1v) is 6.34. The molecule has 2 rings (SSSR count). The molecule has 96 valence electrons. The molecule has 3 heteroatoms. The summed E-state index contributed by atoms with van der Waals surface area (Å²) in [5.41, 5.74) is 4.90. The Bertz CT molecular complexity index is 464. The minimum absolute atomic E-state index is 0.0913. The van der Waals surface area contributed by atoms with Crippen molar-refractivity contribution in [2.24, 2.45) is 5.16 Å². The predicted molar refractivity (Wildman–Crippen MR) is 72.9 cm³/mol. The minimum Gasteiger partial charge on any atom is -0.399 e. The lowest BCUT2D eigenvalue weighted by molar-refractivity contribution is 0.212. The zero-order chi connectivity index (χ0) is 12.8. The van der Waals surface area contributed by atoms with E-state index >= 15 is 0 Å². The molecule has 0 spiro atoms. The van der Waals surface area contributed by atoms with Crippen LogP contribution in [0.3, 0.4) is 0 Å². The van der Waals surface area contributed by atoms with E-state index in [4.69, 9.17) is 9.94 Å². The van der Waals surface area contributed by atoms with Crippen molar-refractivity contribution < 1.29 is 9.94 Å². The molecule has 1 aliphatic rings. The minimum atomic E-state index is 0.0913. The van der Waals surface area contributed by atoms with Gasteiger partial charge in [0.05, 0.1) is 12.3 Å². The van der Waals surface area contributed by atoms with Gasteiger partial charge in [0.2, 0.25) is 0 Å². The second-order valence-electron chi connectivity index (χ2n) is 4.38. The summed E-state index contributed by atoms with van der Waals surface area (Å²) in [5, 5.41) is 12.9. The normalized spacial score (nSPS) is 17.1. The number of aliphatic hydroxyl groups excluding tert-OH is 1. The molecule has 0 radical (unpaired) electrons. The molecule has 0 heterocycles. The van der Waals surface area contributed by atoms with Gasteiger partial charge in [-0.15, -0.1) is 0 Å². The SMILES string of the molecule is CO/N=C1/CCCc2cccc(C/C=C/CO)c21. The van der Waals surface area contributed by atoms with Gasteiger partial charge in [-0.2, -0.15) is 0 Å². The average Bonchev–Trinajstić information content (AvgIpc) is 2.40. The molecule has 18 heavy (non-hydrogen) atoms. The second-order valence-corrected chi connectivity index (χ2v) is 4.38. The molecule has 0 saturated heterocycles. The second kappa shape index (κ2) is 6.36. The maximum atomic E-state index is 8.79. The fraction of sp³-hybridized carbons (Fsp3) is 0.400. The Morgan fingerprint density at radius 2 is 2.22 bits per heavy atom. The van der Waals surface area contributed by atoms with Crippen LogP contribution in [0.15, 0.2) is 35.5 Å². The fourth-order valence-corrected chi connectivity index (χ4v) is 2.46. The third-order valence-corrected chi connectivity index (χ3v) is 3.20. The van der Waals surface area contributed by atoms with E-state index in [1.165, 1.54) is 16.7 Å². The highest BCUT2D eigenvalue weighted by Crippen LogP contribution is 2.25. The van der Waals surface area contributed by atoms with Crippen LogP contribution in [0.2, 0.25) is 0 Å². The molecule has 0 saturated carbocycles. The van der Waals surface area contributed by atoms with Crippen molar-refractivity contribution in [1.29, 1.82) is 0 Å². The first-order chi connectivity index (χ1) is 8.86. The first-order valence-electron chi connectivity index (χ1n) is 6.34. The van der Waals surface area contributed by atoms with Gasteiger partial charge in [0.25, 0.3) is 0 Å². The van der Waals surface area contributed by atoms with Crippen molar-refractivity contribution in [3.63, 3.8) is 0 Å². The molecule has 3 nitrogen and oxygen atoms in total. The number of hydrogen-bond donors (Lipinski definition) is 1. The highest BCUT2D eigenvalue weighted by atomic mass is 16.6. The van der Waals surface area contributed by atoms with Crippen molar-refractivity contribution in [2.75, 3.05) is 13.7 Å². The van der Waals surface area contributed by atoms with Crippen molar-refractivity contribution in [3.05, 3.63) is 47.0 Å². The molecule has 0 aliphatic heterocycles. The number of benzene rings is 1. The van der Waals surface area contributed by atoms with Gasteiger partial charge < -0.3 is 9.94 Å². The summed E-state index contributed by atoms with van der Waals surface area (Å²) in [5.74, 6) is 0. The predicted octanol–water partition coefficient (Wildman–Crippen LogP) is 2.46. The largest absolute Gasteiger partial charge is 0.399 e. The number of oxime groups is 1. The van der Waals surface area contributed by atoms with Gasteiger partial charge in [-0.05, 0) is 36.8 Å². The van der Waals surface area contributed by atoms with Gasteiger partial charge in [0, 0.05) is 5.56 Å². The topological polar surface area (TPSA) is 41.8 Å². The highest BCUT2D eigenvalue weighted by Gasteiger charge is 2.18. The van der Waals surface area contributed by atoms with Crippen LogP contribution in [0.4, 0.5) is 0 Å². The summed E-state index contributed by atoms with van der Waals surface area (Å²) in [6.07, 6.45) is 7.80. The lowest BCUT2D eigenvalue weighted by atomic mass is 9.86. The van der Waals surface area contributed by atoms with E-state index in [0.29, 0.717) is 0 Å². The summed E-state index contributed by atoms with van der Waals surface area (Å²) in [6, 6.07) is 6.38. The Morgan fingerprint density at radius 1 is 1.33 bits per heavy atom. The van der Waals surface area contributed by atoms with Crippen molar-refractivity contribution >= 4 is 5.71 Å². The molecule has 0 amide bonds. The molecular formula is C15H19NO2. The molecular weight excluding hydrogens is 226 g/mol. The van der Waals surface area contributed by atoms with Crippen LogP contribution in [-0.2, 0) is 17.7 Å². The summed E-state index contributed by atoms with van der Waals surface area (Å²) in [6.45, 7) is 0.0913. The van der Waals surface area contributed by atoms with E-state index in [1.807, 2.05) is 6.08 Å². The number of hydrogen-bond acceptors (Lipinski definition) is 3. The average molecular weight is 245 g/mol. The van der Waals surface area contributed by atoms with E-state index in [2.05, 4.69) is 23.4 Å². The summed E-state index contributed by atoms with van der Waals surface area (Å²) < 4.78 is 0. The fourth-order valence-electron chi connectivity index (χ4n) is 2.46. The molecule has 0 bridgehead atoms. The Labute approximate surface area is 108 Å². The zero-order valence-corrected chi connectivity index (χ0v) is 10.7. The van der Waals surface area contributed by atoms with E-state index in [-0.39, 0.29) is 6.61 Å². The maximum Gasteiger partial charge on any atom is 0.106 e. The lowest BCUT2D eigenvalue weighted by Crippen LogP contribution is -2.15.